The van der Waals surface area contributed by atoms with Gasteiger partial charge in [0.2, 0.25) is 5.91 Å². The van der Waals surface area contributed by atoms with Crippen molar-refractivity contribution in [3.05, 3.63) is 65.3 Å². The van der Waals surface area contributed by atoms with Gasteiger partial charge in [-0.3, -0.25) is 14.3 Å². The Balaban J connectivity index is 1.36. The van der Waals surface area contributed by atoms with E-state index in [1.54, 1.807) is 41.2 Å². The van der Waals surface area contributed by atoms with Gasteiger partial charge >= 0.3 is 5.69 Å². The minimum atomic E-state index is -3.51. The lowest BCUT2D eigenvalue weighted by Gasteiger charge is -2.06. The number of pyridine rings is 1. The van der Waals surface area contributed by atoms with Crippen LogP contribution in [-0.4, -0.2) is 46.0 Å². The molecule has 2 heterocycles. The van der Waals surface area contributed by atoms with E-state index in [4.69, 9.17) is 0 Å². The standard InChI is InChI=1S/C21H23N5O4S/c27-19(10-14-31(29,30)18-6-2-1-3-7-18)23-12-13-25-21(28)26(17-8-9-17)20(24-25)16-5-4-11-22-15-16/h1-7,11,15,17H,8-10,12-14H2,(H,23,27). The summed E-state index contributed by atoms with van der Waals surface area (Å²) in [7, 11) is -3.51. The molecule has 0 atom stereocenters. The lowest BCUT2D eigenvalue weighted by Crippen LogP contribution is -2.32. The SMILES string of the molecule is O=C(CCS(=O)(=O)c1ccccc1)NCCn1nc(-c2cccnc2)n(C2CC2)c1=O. The maximum absolute atomic E-state index is 12.8. The number of hydrogen-bond donors (Lipinski definition) is 1. The van der Waals surface area contributed by atoms with Gasteiger partial charge in [-0.25, -0.2) is 17.9 Å². The summed E-state index contributed by atoms with van der Waals surface area (Å²) in [6.07, 6.45) is 5.05. The van der Waals surface area contributed by atoms with E-state index in [-0.39, 0.29) is 47.8 Å². The van der Waals surface area contributed by atoms with E-state index in [0.717, 1.165) is 18.4 Å². The van der Waals surface area contributed by atoms with E-state index in [2.05, 4.69) is 15.4 Å². The zero-order valence-corrected chi connectivity index (χ0v) is 17.7. The van der Waals surface area contributed by atoms with Gasteiger partial charge in [0.1, 0.15) is 0 Å². The molecule has 0 bridgehead atoms. The number of nitrogens with one attached hydrogen (secondary N) is 1. The normalized spacial score (nSPS) is 13.8. The fraction of sp³-hybridized carbons (Fsp3) is 0.333. The van der Waals surface area contributed by atoms with Crippen molar-refractivity contribution in [3.8, 4) is 11.4 Å². The summed E-state index contributed by atoms with van der Waals surface area (Å²) in [4.78, 5) is 29.2. The van der Waals surface area contributed by atoms with Gasteiger partial charge in [0.15, 0.2) is 15.7 Å². The largest absolute Gasteiger partial charge is 0.354 e. The fourth-order valence-electron chi connectivity index (χ4n) is 3.28. The van der Waals surface area contributed by atoms with Crippen molar-refractivity contribution in [1.82, 2.24) is 24.6 Å². The molecule has 1 N–H and O–H groups in total. The van der Waals surface area contributed by atoms with E-state index >= 15 is 0 Å². The number of carbonyl (C=O) groups is 1. The Labute approximate surface area is 179 Å². The van der Waals surface area contributed by atoms with E-state index in [1.165, 1.54) is 16.8 Å². The number of carbonyl (C=O) groups excluding carboxylic acids is 1. The van der Waals surface area contributed by atoms with Gasteiger partial charge in [-0.2, -0.15) is 0 Å². The van der Waals surface area contributed by atoms with Gasteiger partial charge in [-0.1, -0.05) is 18.2 Å². The summed E-state index contributed by atoms with van der Waals surface area (Å²) in [5.74, 6) is -0.0906. The summed E-state index contributed by atoms with van der Waals surface area (Å²) in [6.45, 7) is 0.376. The Morgan fingerprint density at radius 2 is 1.90 bits per heavy atom. The van der Waals surface area contributed by atoms with Gasteiger partial charge in [-0.05, 0) is 37.1 Å². The predicted molar refractivity (Wildman–Crippen MR) is 114 cm³/mol. The molecule has 9 nitrogen and oxygen atoms in total. The molecular formula is C21H23N5O4S. The summed E-state index contributed by atoms with van der Waals surface area (Å²) in [5, 5.41) is 7.11. The highest BCUT2D eigenvalue weighted by Gasteiger charge is 2.30. The molecule has 1 aliphatic carbocycles. The first-order chi connectivity index (χ1) is 15.0. The van der Waals surface area contributed by atoms with Crippen molar-refractivity contribution in [2.75, 3.05) is 12.3 Å². The molecule has 1 amide bonds. The molecule has 0 aliphatic heterocycles. The molecule has 1 fully saturated rings. The highest BCUT2D eigenvalue weighted by molar-refractivity contribution is 7.91. The third-order valence-electron chi connectivity index (χ3n) is 5.05. The maximum Gasteiger partial charge on any atom is 0.346 e. The van der Waals surface area contributed by atoms with Gasteiger partial charge in [-0.15, -0.1) is 5.10 Å². The van der Waals surface area contributed by atoms with Crippen LogP contribution >= 0.6 is 0 Å². The highest BCUT2D eigenvalue weighted by Crippen LogP contribution is 2.36. The summed E-state index contributed by atoms with van der Waals surface area (Å²) in [5.41, 5.74) is 0.544. The predicted octanol–water partition coefficient (Wildman–Crippen LogP) is 1.42. The topological polar surface area (TPSA) is 116 Å². The first-order valence-electron chi connectivity index (χ1n) is 10.1. The number of amides is 1. The second kappa shape index (κ2) is 8.84. The number of sulfone groups is 1. The number of nitrogens with zero attached hydrogens (tertiary/aromatic N) is 4. The zero-order chi connectivity index (χ0) is 21.8. The van der Waals surface area contributed by atoms with Crippen molar-refractivity contribution in [1.29, 1.82) is 0 Å². The lowest BCUT2D eigenvalue weighted by molar-refractivity contribution is -0.120. The zero-order valence-electron chi connectivity index (χ0n) is 16.8. The van der Waals surface area contributed by atoms with Crippen molar-refractivity contribution in [3.63, 3.8) is 0 Å². The van der Waals surface area contributed by atoms with Crippen molar-refractivity contribution in [2.24, 2.45) is 0 Å². The molecule has 31 heavy (non-hydrogen) atoms. The highest BCUT2D eigenvalue weighted by atomic mass is 32.2. The Hall–Kier alpha value is -3.27. The van der Waals surface area contributed by atoms with Gasteiger partial charge in [0.25, 0.3) is 0 Å². The molecule has 0 radical (unpaired) electrons. The van der Waals surface area contributed by atoms with Crippen LogP contribution in [0.2, 0.25) is 0 Å². The van der Waals surface area contributed by atoms with Crippen LogP contribution in [0.4, 0.5) is 0 Å². The summed E-state index contributed by atoms with van der Waals surface area (Å²) >= 11 is 0. The van der Waals surface area contributed by atoms with E-state index in [0.29, 0.717) is 5.82 Å². The van der Waals surface area contributed by atoms with Crippen molar-refractivity contribution >= 4 is 15.7 Å². The number of benzene rings is 1. The number of aromatic nitrogens is 4. The van der Waals surface area contributed by atoms with Crippen molar-refractivity contribution in [2.45, 2.75) is 36.7 Å². The molecule has 162 valence electrons. The second-order valence-corrected chi connectivity index (χ2v) is 9.51. The molecule has 0 saturated heterocycles. The molecule has 2 aromatic heterocycles. The van der Waals surface area contributed by atoms with Crippen LogP contribution in [-0.2, 0) is 21.2 Å². The third-order valence-corrected chi connectivity index (χ3v) is 6.78. The monoisotopic (exact) mass is 441 g/mol. The molecule has 0 unspecified atom stereocenters. The van der Waals surface area contributed by atoms with E-state index < -0.39 is 9.84 Å². The second-order valence-electron chi connectivity index (χ2n) is 7.40. The maximum atomic E-state index is 12.8. The quantitative estimate of drug-likeness (QED) is 0.537. The van der Waals surface area contributed by atoms with Crippen molar-refractivity contribution < 1.29 is 13.2 Å². The third kappa shape index (κ3) is 4.91. The number of rotatable bonds is 9. The first-order valence-corrected chi connectivity index (χ1v) is 11.8. The molecular weight excluding hydrogens is 418 g/mol. The average Bonchev–Trinajstić information content (AvgIpc) is 3.57. The molecule has 1 saturated carbocycles. The Bertz CT molecular complexity index is 1220. The van der Waals surface area contributed by atoms with E-state index in [9.17, 15) is 18.0 Å². The summed E-state index contributed by atoms with van der Waals surface area (Å²) in [6, 6.07) is 11.8. The van der Waals surface area contributed by atoms with Crippen LogP contribution in [0.15, 0.2) is 64.5 Å². The average molecular weight is 442 g/mol. The minimum absolute atomic E-state index is 0.147. The Morgan fingerprint density at radius 1 is 1.13 bits per heavy atom. The molecule has 3 aromatic rings. The lowest BCUT2D eigenvalue weighted by atomic mass is 10.3. The number of hydrogen-bond acceptors (Lipinski definition) is 6. The fourth-order valence-corrected chi connectivity index (χ4v) is 4.54. The molecule has 1 aromatic carbocycles. The van der Waals surface area contributed by atoms with Gasteiger partial charge in [0.05, 0.1) is 17.2 Å². The molecule has 10 heteroatoms. The van der Waals surface area contributed by atoms with Crippen LogP contribution in [0.5, 0.6) is 0 Å². The van der Waals surface area contributed by atoms with Crippen LogP contribution in [0.25, 0.3) is 11.4 Å². The first kappa shape index (κ1) is 21.0. The molecule has 4 rings (SSSR count). The van der Waals surface area contributed by atoms with Crippen LogP contribution < -0.4 is 11.0 Å². The van der Waals surface area contributed by atoms with Crippen LogP contribution in [0.3, 0.4) is 0 Å². The minimum Gasteiger partial charge on any atom is -0.354 e. The van der Waals surface area contributed by atoms with Crippen LogP contribution in [0.1, 0.15) is 25.3 Å². The Kier molecular flexibility index (Phi) is 5.99. The Morgan fingerprint density at radius 3 is 2.58 bits per heavy atom. The van der Waals surface area contributed by atoms with Crippen LogP contribution in [0, 0.1) is 0 Å². The molecule has 0 spiro atoms. The van der Waals surface area contributed by atoms with E-state index in [1.807, 2.05) is 6.07 Å². The summed E-state index contributed by atoms with van der Waals surface area (Å²) < 4.78 is 27.6. The van der Waals surface area contributed by atoms with Gasteiger partial charge in [0, 0.05) is 37.0 Å². The van der Waals surface area contributed by atoms with Gasteiger partial charge < -0.3 is 5.32 Å². The smallest absolute Gasteiger partial charge is 0.346 e. The molecule has 1 aliphatic rings.